The van der Waals surface area contributed by atoms with E-state index in [1.54, 1.807) is 36.0 Å². The Morgan fingerprint density at radius 3 is 2.58 bits per heavy atom. The molecule has 0 bridgehead atoms. The zero-order valence-corrected chi connectivity index (χ0v) is 26.4. The summed E-state index contributed by atoms with van der Waals surface area (Å²) < 4.78 is 74.3. The van der Waals surface area contributed by atoms with E-state index in [-0.39, 0.29) is 29.6 Å². The maximum atomic E-state index is 14.1. The molecule has 0 radical (unpaired) electrons. The van der Waals surface area contributed by atoms with Crippen LogP contribution in [0.4, 0.5) is 13.2 Å². The van der Waals surface area contributed by atoms with Crippen LogP contribution in [0.2, 0.25) is 5.02 Å². The lowest BCUT2D eigenvalue weighted by Gasteiger charge is -2.32. The van der Waals surface area contributed by atoms with Crippen LogP contribution in [0.25, 0.3) is 5.57 Å². The molecule has 2 aliphatic rings. The minimum Gasteiger partial charge on any atom is -0.326 e. The molecule has 2 aliphatic heterocycles. The van der Waals surface area contributed by atoms with Gasteiger partial charge in [-0.25, -0.2) is 14.1 Å². The van der Waals surface area contributed by atoms with E-state index >= 15 is 0 Å². The summed E-state index contributed by atoms with van der Waals surface area (Å²) in [7, 11) is -4.06. The van der Waals surface area contributed by atoms with Crippen molar-refractivity contribution in [2.24, 2.45) is 10.9 Å². The maximum absolute atomic E-state index is 14.1. The number of pyridine rings is 1. The molecule has 5 heterocycles. The molecule has 1 fully saturated rings. The van der Waals surface area contributed by atoms with Gasteiger partial charge in [-0.2, -0.15) is 31.7 Å². The molecule has 3 atom stereocenters. The topological polar surface area (TPSA) is 117 Å². The molecular weight excluding hydrogens is 649 g/mol. The molecule has 0 spiro atoms. The highest BCUT2D eigenvalue weighted by molar-refractivity contribution is 7.87. The van der Waals surface area contributed by atoms with Crippen LogP contribution in [-0.2, 0) is 10.2 Å². The average molecular weight is 677 g/mol. The van der Waals surface area contributed by atoms with Crippen molar-refractivity contribution in [1.82, 2.24) is 34.1 Å². The molecule has 4 aromatic rings. The van der Waals surface area contributed by atoms with Gasteiger partial charge in [0.25, 0.3) is 10.2 Å². The standard InChI is InChI=1S/C29H28ClF3N8O2S2/c1-16(2)25(22-5-3-4-9-34-22)39-45(42,43)38-18-14-23-24(21-8-11-41(37-21)29(32)33)26(19-7-6-17(31)13-20(19)30)36-27(40(23)15-18)28-35-10-12-44-28/h3-13,16,18,25-26,29,38-39H,14-15H2,1-2H3/t18-,25?,26-/m0/s1. The summed E-state index contributed by atoms with van der Waals surface area (Å²) >= 11 is 7.85. The Kier molecular flexibility index (Phi) is 8.81. The second kappa shape index (κ2) is 12.6. The van der Waals surface area contributed by atoms with E-state index in [0.717, 1.165) is 12.3 Å². The molecular formula is C29H28ClF3N8O2S2. The fourth-order valence-corrected chi connectivity index (χ4v) is 7.85. The van der Waals surface area contributed by atoms with Gasteiger partial charge in [-0.05, 0) is 36.2 Å². The highest BCUT2D eigenvalue weighted by Crippen LogP contribution is 2.46. The Morgan fingerprint density at radius 1 is 1.11 bits per heavy atom. The first kappa shape index (κ1) is 31.4. The maximum Gasteiger partial charge on any atom is 0.333 e. The van der Waals surface area contributed by atoms with Gasteiger partial charge in [0.1, 0.15) is 11.9 Å². The van der Waals surface area contributed by atoms with E-state index < -0.39 is 40.7 Å². The third kappa shape index (κ3) is 6.53. The van der Waals surface area contributed by atoms with Crippen LogP contribution in [0.1, 0.15) is 60.9 Å². The fourth-order valence-electron chi connectivity index (χ4n) is 5.55. The Morgan fingerprint density at radius 2 is 1.93 bits per heavy atom. The first-order chi connectivity index (χ1) is 21.5. The van der Waals surface area contributed by atoms with Crippen molar-refractivity contribution in [3.05, 3.63) is 105 Å². The monoisotopic (exact) mass is 676 g/mol. The number of nitrogens with one attached hydrogen (secondary N) is 2. The SMILES string of the molecule is CC(C)C(NS(=O)(=O)N[C@H]1CC2=C(c3ccn(C(F)F)n3)[C@H](c3ccc(F)cc3Cl)N=C(c3nccs3)N2C1)c1ccccn1. The van der Waals surface area contributed by atoms with Crippen molar-refractivity contribution in [1.29, 1.82) is 0 Å². The molecule has 1 aromatic carbocycles. The molecule has 16 heteroatoms. The Labute approximate surface area is 266 Å². The number of hydrogen-bond acceptors (Lipinski definition) is 8. The Balaban J connectivity index is 1.41. The summed E-state index contributed by atoms with van der Waals surface area (Å²) in [5.41, 5.74) is 2.28. The number of aromatic nitrogens is 4. The van der Waals surface area contributed by atoms with Crippen molar-refractivity contribution >= 4 is 44.6 Å². The molecule has 0 amide bonds. The van der Waals surface area contributed by atoms with Gasteiger partial charge < -0.3 is 4.90 Å². The highest BCUT2D eigenvalue weighted by Gasteiger charge is 2.42. The summed E-state index contributed by atoms with van der Waals surface area (Å²) in [6, 6.07) is 8.55. The van der Waals surface area contributed by atoms with Gasteiger partial charge >= 0.3 is 6.55 Å². The van der Waals surface area contributed by atoms with Crippen LogP contribution < -0.4 is 9.44 Å². The van der Waals surface area contributed by atoms with E-state index in [2.05, 4.69) is 24.5 Å². The molecule has 6 rings (SSSR count). The number of halogens is 4. The normalized spacial score (nSPS) is 19.4. The van der Waals surface area contributed by atoms with E-state index in [1.807, 2.05) is 18.7 Å². The lowest BCUT2D eigenvalue weighted by atomic mass is 9.92. The van der Waals surface area contributed by atoms with Crippen LogP contribution in [-0.4, -0.2) is 51.5 Å². The van der Waals surface area contributed by atoms with Gasteiger partial charge in [0, 0.05) is 64.8 Å². The lowest BCUT2D eigenvalue weighted by Crippen LogP contribution is -2.46. The second-order valence-electron chi connectivity index (χ2n) is 10.9. The predicted molar refractivity (Wildman–Crippen MR) is 165 cm³/mol. The summed E-state index contributed by atoms with van der Waals surface area (Å²) in [6.07, 6.45) is 4.56. The lowest BCUT2D eigenvalue weighted by molar-refractivity contribution is 0.0564. The average Bonchev–Trinajstić information content (AvgIpc) is 3.77. The fraction of sp³-hybridized carbons (Fsp3) is 0.310. The third-order valence-corrected chi connectivity index (χ3v) is 9.81. The smallest absolute Gasteiger partial charge is 0.326 e. The van der Waals surface area contributed by atoms with Crippen molar-refractivity contribution in [2.45, 2.75) is 44.9 Å². The first-order valence-corrected chi connectivity index (χ1v) is 16.7. The molecule has 1 saturated heterocycles. The van der Waals surface area contributed by atoms with Gasteiger partial charge in [0.15, 0.2) is 10.8 Å². The number of hydrogen-bond donors (Lipinski definition) is 2. The summed E-state index contributed by atoms with van der Waals surface area (Å²) in [6.45, 7) is 1.08. The van der Waals surface area contributed by atoms with E-state index in [9.17, 15) is 21.6 Å². The first-order valence-electron chi connectivity index (χ1n) is 14.0. The molecule has 0 aliphatic carbocycles. The van der Waals surface area contributed by atoms with Crippen molar-refractivity contribution < 1.29 is 21.6 Å². The number of nitrogens with zero attached hydrogens (tertiary/aromatic N) is 6. The largest absolute Gasteiger partial charge is 0.333 e. The van der Waals surface area contributed by atoms with Crippen LogP contribution >= 0.6 is 22.9 Å². The van der Waals surface area contributed by atoms with Gasteiger partial charge in [-0.15, -0.1) is 11.3 Å². The number of alkyl halides is 2. The minimum absolute atomic E-state index is 0.0933. The molecule has 10 nitrogen and oxygen atoms in total. The number of amidine groups is 1. The summed E-state index contributed by atoms with van der Waals surface area (Å²) in [5.74, 6) is -0.198. The predicted octanol–water partition coefficient (Wildman–Crippen LogP) is 5.73. The molecule has 3 aromatic heterocycles. The second-order valence-corrected chi connectivity index (χ2v) is 13.7. The minimum atomic E-state index is -4.06. The molecule has 236 valence electrons. The summed E-state index contributed by atoms with van der Waals surface area (Å²) in [5, 5.41) is 6.56. The zero-order valence-electron chi connectivity index (χ0n) is 24.0. The van der Waals surface area contributed by atoms with Crippen LogP contribution in [0.15, 0.2) is 77.1 Å². The van der Waals surface area contributed by atoms with E-state index in [0.29, 0.717) is 38.1 Å². The van der Waals surface area contributed by atoms with Crippen LogP contribution in [0, 0.1) is 11.7 Å². The van der Waals surface area contributed by atoms with Crippen LogP contribution in [0.3, 0.4) is 0 Å². The van der Waals surface area contributed by atoms with Gasteiger partial charge in [0.2, 0.25) is 0 Å². The molecule has 0 saturated carbocycles. The van der Waals surface area contributed by atoms with Gasteiger partial charge in [-0.1, -0.05) is 37.6 Å². The van der Waals surface area contributed by atoms with E-state index in [1.165, 1.54) is 29.5 Å². The molecule has 45 heavy (non-hydrogen) atoms. The number of rotatable bonds is 10. The Bertz CT molecular complexity index is 1850. The number of benzene rings is 1. The quantitative estimate of drug-likeness (QED) is 0.222. The van der Waals surface area contributed by atoms with Gasteiger partial charge in [0.05, 0.1) is 17.4 Å². The Hall–Kier alpha value is -3.63. The third-order valence-electron chi connectivity index (χ3n) is 7.50. The van der Waals surface area contributed by atoms with Crippen molar-refractivity contribution in [3.8, 4) is 0 Å². The number of fused-ring (bicyclic) bond motifs is 1. The molecule has 1 unspecified atom stereocenters. The number of aliphatic imine (C=N–C) groups is 1. The van der Waals surface area contributed by atoms with Crippen LogP contribution in [0.5, 0.6) is 0 Å². The van der Waals surface area contributed by atoms with Gasteiger partial charge in [-0.3, -0.25) is 9.98 Å². The van der Waals surface area contributed by atoms with Crippen molar-refractivity contribution in [2.75, 3.05) is 6.54 Å². The highest BCUT2D eigenvalue weighted by atomic mass is 35.5. The molecule has 2 N–H and O–H groups in total. The summed E-state index contributed by atoms with van der Waals surface area (Å²) in [4.78, 5) is 15.6. The van der Waals surface area contributed by atoms with Crippen molar-refractivity contribution in [3.63, 3.8) is 0 Å². The number of thiazole rings is 1. The zero-order chi connectivity index (χ0) is 31.9. The van der Waals surface area contributed by atoms with E-state index in [4.69, 9.17) is 16.6 Å².